The second kappa shape index (κ2) is 8.39. The molecule has 1 heterocycles. The lowest BCUT2D eigenvalue weighted by molar-refractivity contribution is -0.113. The van der Waals surface area contributed by atoms with E-state index in [4.69, 9.17) is 0 Å². The Morgan fingerprint density at radius 3 is 2.70 bits per heavy atom. The van der Waals surface area contributed by atoms with E-state index >= 15 is 0 Å². The lowest BCUT2D eigenvalue weighted by Crippen LogP contribution is -2.14. The van der Waals surface area contributed by atoms with Crippen LogP contribution in [-0.2, 0) is 11.2 Å². The molecule has 1 amide bonds. The van der Waals surface area contributed by atoms with E-state index in [-0.39, 0.29) is 11.7 Å². The van der Waals surface area contributed by atoms with Crippen LogP contribution in [0.15, 0.2) is 47.6 Å². The normalized spacial score (nSPS) is 10.8. The molecule has 0 spiro atoms. The van der Waals surface area contributed by atoms with Gasteiger partial charge < -0.3 is 5.32 Å². The number of anilines is 1. The maximum absolute atomic E-state index is 12.4. The zero-order chi connectivity index (χ0) is 19.4. The molecule has 27 heavy (non-hydrogen) atoms. The van der Waals surface area contributed by atoms with Gasteiger partial charge in [0.1, 0.15) is 5.82 Å². The number of rotatable bonds is 6. The Bertz CT molecular complexity index is 965. The topological polar surface area (TPSA) is 59.8 Å². The lowest BCUT2D eigenvalue weighted by atomic mass is 10.1. The van der Waals surface area contributed by atoms with Crippen molar-refractivity contribution in [3.8, 4) is 5.69 Å². The molecule has 0 saturated carbocycles. The summed E-state index contributed by atoms with van der Waals surface area (Å²) in [4.78, 5) is 12.4. The number of nitrogens with one attached hydrogen (secondary N) is 1. The number of hydrogen-bond donors (Lipinski definition) is 1. The fourth-order valence-electron chi connectivity index (χ4n) is 2.87. The highest BCUT2D eigenvalue weighted by atomic mass is 32.2. The maximum Gasteiger partial charge on any atom is 0.234 e. The average Bonchev–Trinajstić information content (AvgIpc) is 3.02. The zero-order valence-corrected chi connectivity index (χ0v) is 16.9. The number of hydrogen-bond acceptors (Lipinski definition) is 4. The predicted molar refractivity (Wildman–Crippen MR) is 111 cm³/mol. The van der Waals surface area contributed by atoms with Crippen molar-refractivity contribution in [1.82, 2.24) is 14.8 Å². The smallest absolute Gasteiger partial charge is 0.234 e. The molecule has 0 atom stereocenters. The van der Waals surface area contributed by atoms with Crippen LogP contribution in [0.1, 0.15) is 29.4 Å². The largest absolute Gasteiger partial charge is 0.325 e. The van der Waals surface area contributed by atoms with Crippen LogP contribution in [0.25, 0.3) is 5.69 Å². The number of thioether (sulfide) groups is 1. The van der Waals surface area contributed by atoms with Gasteiger partial charge >= 0.3 is 0 Å². The second-order valence-electron chi connectivity index (χ2n) is 6.55. The highest BCUT2D eigenvalue weighted by Gasteiger charge is 2.15. The van der Waals surface area contributed by atoms with E-state index in [1.54, 1.807) is 0 Å². The molecule has 5 nitrogen and oxygen atoms in total. The van der Waals surface area contributed by atoms with Crippen molar-refractivity contribution >= 4 is 23.4 Å². The molecule has 0 aliphatic carbocycles. The number of aromatic nitrogens is 3. The molecule has 0 fully saturated rings. The van der Waals surface area contributed by atoms with Gasteiger partial charge in [0.2, 0.25) is 5.91 Å². The molecule has 0 aliphatic rings. The van der Waals surface area contributed by atoms with E-state index in [0.717, 1.165) is 34.3 Å². The Labute approximate surface area is 164 Å². The number of benzene rings is 2. The summed E-state index contributed by atoms with van der Waals surface area (Å²) in [6, 6.07) is 14.2. The third-order valence-electron chi connectivity index (χ3n) is 4.35. The monoisotopic (exact) mass is 380 g/mol. The predicted octanol–water partition coefficient (Wildman–Crippen LogP) is 4.49. The van der Waals surface area contributed by atoms with Crippen LogP contribution in [0.3, 0.4) is 0 Å². The van der Waals surface area contributed by atoms with Crippen molar-refractivity contribution in [2.75, 3.05) is 11.1 Å². The van der Waals surface area contributed by atoms with Gasteiger partial charge in [0.15, 0.2) is 5.16 Å². The summed E-state index contributed by atoms with van der Waals surface area (Å²) in [5.74, 6) is 1.03. The number of carbonyl (C=O) groups excluding carboxylic acids is 1. The standard InChI is InChI=1S/C21H24N4OS/c1-5-17-7-6-8-18(12-17)22-20(26)13-27-21-24-23-16(4)25(21)19-11-14(2)9-10-15(19)3/h6-12H,5,13H2,1-4H3,(H,22,26). The van der Waals surface area contributed by atoms with Gasteiger partial charge in [-0.2, -0.15) is 0 Å². The van der Waals surface area contributed by atoms with E-state index in [9.17, 15) is 4.79 Å². The van der Waals surface area contributed by atoms with Crippen LogP contribution >= 0.6 is 11.8 Å². The summed E-state index contributed by atoms with van der Waals surface area (Å²) in [6.45, 7) is 8.15. The Morgan fingerprint density at radius 1 is 1.11 bits per heavy atom. The van der Waals surface area contributed by atoms with Crippen LogP contribution in [-0.4, -0.2) is 26.4 Å². The summed E-state index contributed by atoms with van der Waals surface area (Å²) in [6.07, 6.45) is 0.941. The number of carbonyl (C=O) groups is 1. The van der Waals surface area contributed by atoms with E-state index in [1.165, 1.54) is 22.9 Å². The summed E-state index contributed by atoms with van der Waals surface area (Å²) < 4.78 is 2.01. The molecule has 0 radical (unpaired) electrons. The van der Waals surface area contributed by atoms with Gasteiger partial charge in [0.05, 0.1) is 11.4 Å². The number of nitrogens with zero attached hydrogens (tertiary/aromatic N) is 3. The second-order valence-corrected chi connectivity index (χ2v) is 7.49. The van der Waals surface area contributed by atoms with Crippen LogP contribution in [0.5, 0.6) is 0 Å². The van der Waals surface area contributed by atoms with Gasteiger partial charge in [-0.15, -0.1) is 10.2 Å². The molecule has 0 saturated heterocycles. The third-order valence-corrected chi connectivity index (χ3v) is 5.28. The summed E-state index contributed by atoms with van der Waals surface area (Å²) in [7, 11) is 0. The molecule has 6 heteroatoms. The van der Waals surface area contributed by atoms with Crippen molar-refractivity contribution in [2.24, 2.45) is 0 Å². The van der Waals surface area contributed by atoms with E-state index in [1.807, 2.05) is 29.7 Å². The minimum absolute atomic E-state index is 0.0542. The average molecular weight is 381 g/mol. The zero-order valence-electron chi connectivity index (χ0n) is 16.1. The SMILES string of the molecule is CCc1cccc(NC(=O)CSc2nnc(C)n2-c2cc(C)ccc2C)c1. The fraction of sp³-hybridized carbons (Fsp3) is 0.286. The molecule has 0 unspecified atom stereocenters. The van der Waals surface area contributed by atoms with Crippen molar-refractivity contribution in [1.29, 1.82) is 0 Å². The highest BCUT2D eigenvalue weighted by molar-refractivity contribution is 7.99. The first-order valence-electron chi connectivity index (χ1n) is 8.99. The minimum Gasteiger partial charge on any atom is -0.325 e. The lowest BCUT2D eigenvalue weighted by Gasteiger charge is -2.12. The van der Waals surface area contributed by atoms with Gasteiger partial charge in [0, 0.05) is 5.69 Å². The Kier molecular flexibility index (Phi) is 5.96. The maximum atomic E-state index is 12.4. The van der Waals surface area contributed by atoms with E-state index in [0.29, 0.717) is 0 Å². The molecule has 0 bridgehead atoms. The number of amides is 1. The first kappa shape index (κ1) is 19.2. The summed E-state index contributed by atoms with van der Waals surface area (Å²) in [5, 5.41) is 12.2. The molecule has 0 aliphatic heterocycles. The quantitative estimate of drug-likeness (QED) is 0.640. The van der Waals surface area contributed by atoms with Gasteiger partial charge in [-0.25, -0.2) is 0 Å². The first-order valence-corrected chi connectivity index (χ1v) is 9.97. The molecule has 2 aromatic carbocycles. The molecular formula is C21H24N4OS. The molecule has 3 rings (SSSR count). The molecule has 140 valence electrons. The molecule has 1 aromatic heterocycles. The van der Waals surface area contributed by atoms with Gasteiger partial charge in [-0.05, 0) is 62.1 Å². The van der Waals surface area contributed by atoms with Gasteiger partial charge in [0.25, 0.3) is 0 Å². The Balaban J connectivity index is 1.73. The van der Waals surface area contributed by atoms with E-state index < -0.39 is 0 Å². The van der Waals surface area contributed by atoms with Crippen molar-refractivity contribution in [2.45, 2.75) is 39.3 Å². The molecule has 3 aromatic rings. The van der Waals surface area contributed by atoms with Crippen LogP contribution in [0.4, 0.5) is 5.69 Å². The third kappa shape index (κ3) is 4.57. The van der Waals surface area contributed by atoms with Crippen molar-refractivity contribution < 1.29 is 4.79 Å². The molecule has 1 N–H and O–H groups in total. The van der Waals surface area contributed by atoms with Gasteiger partial charge in [-0.3, -0.25) is 9.36 Å². The van der Waals surface area contributed by atoms with Crippen LogP contribution < -0.4 is 5.32 Å². The van der Waals surface area contributed by atoms with Gasteiger partial charge in [-0.1, -0.05) is 43.0 Å². The highest BCUT2D eigenvalue weighted by Crippen LogP contribution is 2.25. The van der Waals surface area contributed by atoms with Crippen molar-refractivity contribution in [3.05, 3.63) is 65.0 Å². The van der Waals surface area contributed by atoms with E-state index in [2.05, 4.69) is 60.6 Å². The van der Waals surface area contributed by atoms with Crippen LogP contribution in [0, 0.1) is 20.8 Å². The first-order chi connectivity index (χ1) is 13.0. The fourth-order valence-corrected chi connectivity index (χ4v) is 3.66. The minimum atomic E-state index is -0.0542. The van der Waals surface area contributed by atoms with Crippen LogP contribution in [0.2, 0.25) is 0 Å². The summed E-state index contributed by atoms with van der Waals surface area (Å²) >= 11 is 1.39. The Morgan fingerprint density at radius 2 is 1.93 bits per heavy atom. The van der Waals surface area contributed by atoms with Crippen molar-refractivity contribution in [3.63, 3.8) is 0 Å². The Hall–Kier alpha value is -2.60. The summed E-state index contributed by atoms with van der Waals surface area (Å²) in [5.41, 5.74) is 5.40. The number of aryl methyl sites for hydroxylation is 4. The molecular weight excluding hydrogens is 356 g/mol.